The lowest BCUT2D eigenvalue weighted by atomic mass is 10.2. The number of esters is 1. The first-order valence-corrected chi connectivity index (χ1v) is 6.09. The van der Waals surface area contributed by atoms with Crippen molar-refractivity contribution in [2.75, 3.05) is 12.4 Å². The second-order valence-electron chi connectivity index (χ2n) is 4.29. The highest BCUT2D eigenvalue weighted by Gasteiger charge is 2.15. The van der Waals surface area contributed by atoms with E-state index in [1.807, 2.05) is 0 Å². The van der Waals surface area contributed by atoms with E-state index < -0.39 is 5.97 Å². The molecule has 0 saturated heterocycles. The Morgan fingerprint density at radius 2 is 2.19 bits per heavy atom. The third-order valence-corrected chi connectivity index (χ3v) is 2.98. The highest BCUT2D eigenvalue weighted by Crippen LogP contribution is 2.21. The number of hydrogen-bond donors (Lipinski definition) is 2. The molecule has 3 rings (SSSR count). The number of hydrogen-bond acceptors (Lipinski definition) is 5. The maximum atomic E-state index is 11.9. The van der Waals surface area contributed by atoms with E-state index in [2.05, 4.69) is 20.3 Å². The van der Waals surface area contributed by atoms with Crippen LogP contribution in [0.5, 0.6) is 0 Å². The van der Waals surface area contributed by atoms with Crippen LogP contribution < -0.4 is 5.32 Å². The van der Waals surface area contributed by atoms with Crippen molar-refractivity contribution in [2.45, 2.75) is 0 Å². The number of nitrogens with one attached hydrogen (secondary N) is 2. The Labute approximate surface area is 118 Å². The fourth-order valence-electron chi connectivity index (χ4n) is 1.94. The molecule has 1 aromatic carbocycles. The summed E-state index contributed by atoms with van der Waals surface area (Å²) in [6.07, 6.45) is 2.77. The molecule has 3 aromatic rings. The van der Waals surface area contributed by atoms with E-state index in [-0.39, 0.29) is 11.6 Å². The van der Waals surface area contributed by atoms with Gasteiger partial charge in [0.1, 0.15) is 6.26 Å². The molecule has 0 saturated carbocycles. The Bertz CT molecular complexity index is 805. The van der Waals surface area contributed by atoms with Crippen molar-refractivity contribution in [2.24, 2.45) is 0 Å². The van der Waals surface area contributed by atoms with Crippen LogP contribution in [0.25, 0.3) is 10.9 Å². The Hall–Kier alpha value is -3.09. The normalized spacial score (nSPS) is 10.5. The molecule has 0 aliphatic heterocycles. The summed E-state index contributed by atoms with van der Waals surface area (Å²) in [5.41, 5.74) is 1.80. The van der Waals surface area contributed by atoms with Crippen LogP contribution in [0.1, 0.15) is 20.8 Å². The Balaban J connectivity index is 1.93. The molecule has 1 amide bonds. The monoisotopic (exact) mass is 285 g/mol. The smallest absolute Gasteiger partial charge is 0.359 e. The molecule has 0 atom stereocenters. The minimum Gasteiger partial charge on any atom is -0.472 e. The summed E-state index contributed by atoms with van der Waals surface area (Å²) in [5.74, 6) is -0.842. The maximum Gasteiger partial charge on any atom is 0.359 e. The van der Waals surface area contributed by atoms with Gasteiger partial charge >= 0.3 is 5.97 Å². The van der Waals surface area contributed by atoms with Crippen molar-refractivity contribution in [1.82, 2.24) is 10.2 Å². The fraction of sp³-hybridized carbons (Fsp3) is 0.0714. The average molecular weight is 285 g/mol. The van der Waals surface area contributed by atoms with Gasteiger partial charge in [0.05, 0.1) is 24.5 Å². The molecule has 7 nitrogen and oxygen atoms in total. The number of aromatic amines is 1. The lowest BCUT2D eigenvalue weighted by molar-refractivity contribution is 0.0596. The zero-order chi connectivity index (χ0) is 14.8. The maximum absolute atomic E-state index is 11.9. The summed E-state index contributed by atoms with van der Waals surface area (Å²) in [6.45, 7) is 0. The minimum atomic E-state index is -0.542. The number of methoxy groups -OCH3 is 1. The van der Waals surface area contributed by atoms with Gasteiger partial charge in [-0.25, -0.2) is 4.79 Å². The first-order valence-electron chi connectivity index (χ1n) is 6.09. The number of rotatable bonds is 3. The number of amides is 1. The van der Waals surface area contributed by atoms with E-state index >= 15 is 0 Å². The van der Waals surface area contributed by atoms with Crippen molar-refractivity contribution in [3.8, 4) is 0 Å². The van der Waals surface area contributed by atoms with Crippen LogP contribution in [-0.2, 0) is 4.74 Å². The van der Waals surface area contributed by atoms with Crippen LogP contribution >= 0.6 is 0 Å². The average Bonchev–Trinajstić information content (AvgIpc) is 3.15. The van der Waals surface area contributed by atoms with E-state index in [1.165, 1.54) is 19.6 Å². The molecule has 0 aliphatic carbocycles. The Morgan fingerprint density at radius 1 is 1.33 bits per heavy atom. The minimum absolute atomic E-state index is 0.173. The Kier molecular flexibility index (Phi) is 3.15. The van der Waals surface area contributed by atoms with E-state index in [0.29, 0.717) is 22.2 Å². The molecule has 106 valence electrons. The van der Waals surface area contributed by atoms with Gasteiger partial charge in [-0.2, -0.15) is 5.10 Å². The van der Waals surface area contributed by atoms with Crippen molar-refractivity contribution in [3.05, 3.63) is 48.0 Å². The van der Waals surface area contributed by atoms with E-state index in [9.17, 15) is 9.59 Å². The molecular formula is C14H11N3O4. The number of ether oxygens (including phenoxy) is 1. The first-order chi connectivity index (χ1) is 10.2. The van der Waals surface area contributed by atoms with Crippen LogP contribution in [0.2, 0.25) is 0 Å². The van der Waals surface area contributed by atoms with Crippen LogP contribution in [0.15, 0.2) is 41.2 Å². The number of H-pyrrole nitrogens is 1. The molecule has 0 radical (unpaired) electrons. The highest BCUT2D eigenvalue weighted by molar-refractivity contribution is 6.07. The second kappa shape index (κ2) is 5.12. The quantitative estimate of drug-likeness (QED) is 0.719. The number of fused-ring (bicyclic) bond motifs is 1. The van der Waals surface area contributed by atoms with Gasteiger partial charge in [0.15, 0.2) is 5.69 Å². The summed E-state index contributed by atoms with van der Waals surface area (Å²) < 4.78 is 9.52. The van der Waals surface area contributed by atoms with E-state index in [4.69, 9.17) is 4.42 Å². The van der Waals surface area contributed by atoms with Gasteiger partial charge < -0.3 is 14.5 Å². The summed E-state index contributed by atoms with van der Waals surface area (Å²) in [7, 11) is 1.29. The molecule has 0 spiro atoms. The zero-order valence-corrected chi connectivity index (χ0v) is 11.0. The predicted octanol–water partition coefficient (Wildman–Crippen LogP) is 2.19. The molecule has 2 heterocycles. The fourth-order valence-corrected chi connectivity index (χ4v) is 1.94. The number of carbonyl (C=O) groups is 2. The molecule has 7 heteroatoms. The van der Waals surface area contributed by atoms with Crippen LogP contribution in [0.4, 0.5) is 5.69 Å². The number of nitrogens with zero attached hydrogens (tertiary/aromatic N) is 1. The lowest BCUT2D eigenvalue weighted by Crippen LogP contribution is -2.10. The molecule has 0 unspecified atom stereocenters. The first kappa shape index (κ1) is 12.9. The van der Waals surface area contributed by atoms with Crippen molar-refractivity contribution in [3.63, 3.8) is 0 Å². The molecule has 0 fully saturated rings. The number of carbonyl (C=O) groups excluding carboxylic acids is 2. The molecule has 0 bridgehead atoms. The van der Waals surface area contributed by atoms with Gasteiger partial charge in [-0.3, -0.25) is 9.89 Å². The van der Waals surface area contributed by atoms with Gasteiger partial charge in [0, 0.05) is 11.1 Å². The Morgan fingerprint density at radius 3 is 2.90 bits per heavy atom. The SMILES string of the molecule is COC(=O)c1n[nH]c2ccc(NC(=O)c3ccoc3)cc12. The topological polar surface area (TPSA) is 97.2 Å². The molecular weight excluding hydrogens is 274 g/mol. The highest BCUT2D eigenvalue weighted by atomic mass is 16.5. The van der Waals surface area contributed by atoms with Gasteiger partial charge in [0.2, 0.25) is 0 Å². The largest absolute Gasteiger partial charge is 0.472 e. The number of furan rings is 1. The van der Waals surface area contributed by atoms with E-state index in [0.717, 1.165) is 0 Å². The molecule has 2 N–H and O–H groups in total. The van der Waals surface area contributed by atoms with Crippen molar-refractivity contribution >= 4 is 28.5 Å². The third-order valence-electron chi connectivity index (χ3n) is 2.98. The third kappa shape index (κ3) is 2.36. The van der Waals surface area contributed by atoms with Crippen molar-refractivity contribution < 1.29 is 18.7 Å². The lowest BCUT2D eigenvalue weighted by Gasteiger charge is -2.03. The van der Waals surface area contributed by atoms with E-state index in [1.54, 1.807) is 24.3 Å². The zero-order valence-electron chi connectivity index (χ0n) is 11.0. The molecule has 21 heavy (non-hydrogen) atoms. The van der Waals surface area contributed by atoms with Crippen molar-refractivity contribution in [1.29, 1.82) is 0 Å². The van der Waals surface area contributed by atoms with Gasteiger partial charge in [-0.1, -0.05) is 0 Å². The summed E-state index contributed by atoms with van der Waals surface area (Å²) in [6, 6.07) is 6.65. The van der Waals surface area contributed by atoms with Gasteiger partial charge in [-0.05, 0) is 24.3 Å². The molecule has 2 aromatic heterocycles. The van der Waals surface area contributed by atoms with Gasteiger partial charge in [0.25, 0.3) is 5.91 Å². The van der Waals surface area contributed by atoms with Gasteiger partial charge in [-0.15, -0.1) is 0 Å². The predicted molar refractivity (Wildman–Crippen MR) is 74.1 cm³/mol. The number of aromatic nitrogens is 2. The second-order valence-corrected chi connectivity index (χ2v) is 4.29. The number of anilines is 1. The molecule has 0 aliphatic rings. The van der Waals surface area contributed by atoms with Crippen LogP contribution in [-0.4, -0.2) is 29.2 Å². The summed E-state index contributed by atoms with van der Waals surface area (Å²) >= 11 is 0. The van der Waals surface area contributed by atoms with Crippen LogP contribution in [0.3, 0.4) is 0 Å². The standard InChI is InChI=1S/C14H11N3O4/c1-20-14(19)12-10-6-9(2-3-11(10)16-17-12)15-13(18)8-4-5-21-7-8/h2-7H,1H3,(H,15,18)(H,16,17). The summed E-state index contributed by atoms with van der Waals surface area (Å²) in [5, 5.41) is 9.94. The van der Waals surface area contributed by atoms with Crippen LogP contribution in [0, 0.1) is 0 Å². The number of benzene rings is 1. The summed E-state index contributed by atoms with van der Waals surface area (Å²) in [4.78, 5) is 23.5.